The molecule has 0 fully saturated rings. The van der Waals surface area contributed by atoms with Gasteiger partial charge < -0.3 is 15.9 Å². The van der Waals surface area contributed by atoms with Gasteiger partial charge in [-0.25, -0.2) is 0 Å². The monoisotopic (exact) mass is 313 g/mol. The molecule has 0 aromatic heterocycles. The second kappa shape index (κ2) is 7.40. The summed E-state index contributed by atoms with van der Waals surface area (Å²) in [6.45, 7) is 1.73. The molecule has 0 saturated carbocycles. The minimum Gasteiger partial charge on any atom is -0.393 e. The van der Waals surface area contributed by atoms with Crippen molar-refractivity contribution >= 4 is 5.91 Å². The van der Waals surface area contributed by atoms with E-state index >= 15 is 0 Å². The standard InChI is InChI=1S/C19H23NO3/c1-14(21)7-6-12-19(23,16-9-3-2-4-10-16)17-11-5-8-15(13-17)18(20)22/h2-5,8-11,13-14,21,23H,6-7,12H2,1H3,(H2,20,22). The highest BCUT2D eigenvalue weighted by molar-refractivity contribution is 5.93. The van der Waals surface area contributed by atoms with Gasteiger partial charge in [-0.15, -0.1) is 0 Å². The lowest BCUT2D eigenvalue weighted by Crippen LogP contribution is -2.28. The lowest BCUT2D eigenvalue weighted by Gasteiger charge is -2.30. The summed E-state index contributed by atoms with van der Waals surface area (Å²) in [6.07, 6.45) is 1.30. The lowest BCUT2D eigenvalue weighted by atomic mass is 9.81. The molecule has 0 bridgehead atoms. The number of rotatable bonds is 7. The summed E-state index contributed by atoms with van der Waals surface area (Å²) in [5.74, 6) is -0.522. The topological polar surface area (TPSA) is 83.6 Å². The molecular formula is C19H23NO3. The van der Waals surface area contributed by atoms with Crippen molar-refractivity contribution in [1.29, 1.82) is 0 Å². The number of carbonyl (C=O) groups excluding carboxylic acids is 1. The fraction of sp³-hybridized carbons (Fsp3) is 0.316. The normalized spacial score (nSPS) is 14.9. The van der Waals surface area contributed by atoms with Crippen LogP contribution in [0, 0.1) is 0 Å². The van der Waals surface area contributed by atoms with Crippen LogP contribution in [-0.2, 0) is 5.60 Å². The first-order valence-electron chi connectivity index (χ1n) is 7.80. The Balaban J connectivity index is 2.40. The number of hydrogen-bond donors (Lipinski definition) is 3. The van der Waals surface area contributed by atoms with Crippen LogP contribution in [0.2, 0.25) is 0 Å². The van der Waals surface area contributed by atoms with Crippen molar-refractivity contribution in [3.63, 3.8) is 0 Å². The summed E-state index contributed by atoms with van der Waals surface area (Å²) in [7, 11) is 0. The van der Waals surface area contributed by atoms with E-state index < -0.39 is 17.6 Å². The fourth-order valence-electron chi connectivity index (χ4n) is 2.75. The maximum absolute atomic E-state index is 11.4. The van der Waals surface area contributed by atoms with E-state index in [1.807, 2.05) is 30.3 Å². The lowest BCUT2D eigenvalue weighted by molar-refractivity contribution is 0.0629. The fourth-order valence-corrected chi connectivity index (χ4v) is 2.75. The molecule has 23 heavy (non-hydrogen) atoms. The van der Waals surface area contributed by atoms with Crippen LogP contribution < -0.4 is 5.73 Å². The average Bonchev–Trinajstić information content (AvgIpc) is 2.55. The van der Waals surface area contributed by atoms with E-state index in [0.717, 1.165) is 5.56 Å². The maximum atomic E-state index is 11.4. The summed E-state index contributed by atoms with van der Waals surface area (Å²) in [5, 5.41) is 20.8. The third kappa shape index (κ3) is 4.18. The Labute approximate surface area is 136 Å². The molecule has 4 N–H and O–H groups in total. The van der Waals surface area contributed by atoms with Crippen molar-refractivity contribution in [2.75, 3.05) is 0 Å². The molecule has 2 atom stereocenters. The number of carbonyl (C=O) groups is 1. The minimum absolute atomic E-state index is 0.368. The van der Waals surface area contributed by atoms with Crippen molar-refractivity contribution < 1.29 is 15.0 Å². The highest BCUT2D eigenvalue weighted by Gasteiger charge is 2.31. The van der Waals surface area contributed by atoms with Gasteiger partial charge in [0.2, 0.25) is 5.91 Å². The molecule has 0 aliphatic heterocycles. The van der Waals surface area contributed by atoms with Crippen LogP contribution >= 0.6 is 0 Å². The number of hydrogen-bond acceptors (Lipinski definition) is 3. The van der Waals surface area contributed by atoms with Gasteiger partial charge in [-0.05, 0) is 49.4 Å². The largest absolute Gasteiger partial charge is 0.393 e. The molecule has 2 aromatic rings. The Hall–Kier alpha value is -2.17. The second-order valence-corrected chi connectivity index (χ2v) is 5.91. The van der Waals surface area contributed by atoms with Gasteiger partial charge in [-0.1, -0.05) is 42.5 Å². The number of primary amides is 1. The molecule has 0 radical (unpaired) electrons. The van der Waals surface area contributed by atoms with Crippen LogP contribution in [0.1, 0.15) is 47.7 Å². The van der Waals surface area contributed by atoms with E-state index in [-0.39, 0.29) is 0 Å². The average molecular weight is 313 g/mol. The molecule has 0 saturated heterocycles. The van der Waals surface area contributed by atoms with Gasteiger partial charge in [-0.3, -0.25) is 4.79 Å². The number of benzene rings is 2. The zero-order valence-electron chi connectivity index (χ0n) is 13.3. The summed E-state index contributed by atoms with van der Waals surface area (Å²) < 4.78 is 0. The molecule has 4 nitrogen and oxygen atoms in total. The molecule has 0 aliphatic rings. The van der Waals surface area contributed by atoms with Gasteiger partial charge >= 0.3 is 0 Å². The van der Waals surface area contributed by atoms with Crippen LogP contribution in [0.5, 0.6) is 0 Å². The Bertz CT molecular complexity index is 655. The van der Waals surface area contributed by atoms with E-state index in [4.69, 9.17) is 5.73 Å². The first-order valence-corrected chi connectivity index (χ1v) is 7.80. The molecule has 2 unspecified atom stereocenters. The van der Waals surface area contributed by atoms with Gasteiger partial charge in [-0.2, -0.15) is 0 Å². The maximum Gasteiger partial charge on any atom is 0.248 e. The van der Waals surface area contributed by atoms with Crippen LogP contribution in [0.25, 0.3) is 0 Å². The number of nitrogens with two attached hydrogens (primary N) is 1. The predicted octanol–water partition coefficient (Wildman–Crippen LogP) is 2.57. The number of aliphatic hydroxyl groups excluding tert-OH is 1. The Morgan fingerprint density at radius 1 is 1.13 bits per heavy atom. The second-order valence-electron chi connectivity index (χ2n) is 5.91. The van der Waals surface area contributed by atoms with Crippen molar-refractivity contribution in [3.8, 4) is 0 Å². The van der Waals surface area contributed by atoms with Crippen molar-refractivity contribution in [3.05, 3.63) is 71.3 Å². The Morgan fingerprint density at radius 2 is 1.78 bits per heavy atom. The number of aliphatic hydroxyl groups is 2. The molecule has 1 amide bonds. The van der Waals surface area contributed by atoms with Crippen LogP contribution in [0.3, 0.4) is 0 Å². The molecule has 2 rings (SSSR count). The third-order valence-corrected chi connectivity index (χ3v) is 4.04. The Kier molecular flexibility index (Phi) is 5.53. The SMILES string of the molecule is CC(O)CCCC(O)(c1ccccc1)c1cccc(C(N)=O)c1. The highest BCUT2D eigenvalue weighted by Crippen LogP contribution is 2.35. The molecule has 4 heteroatoms. The molecule has 2 aromatic carbocycles. The summed E-state index contributed by atoms with van der Waals surface area (Å²) in [4.78, 5) is 11.4. The predicted molar refractivity (Wildman–Crippen MR) is 89.9 cm³/mol. The first kappa shape index (κ1) is 17.2. The summed E-state index contributed by atoms with van der Waals surface area (Å²) in [5.41, 5.74) is 5.89. The zero-order valence-corrected chi connectivity index (χ0v) is 13.3. The van der Waals surface area contributed by atoms with E-state index in [0.29, 0.717) is 30.4 Å². The van der Waals surface area contributed by atoms with Crippen molar-refractivity contribution in [1.82, 2.24) is 0 Å². The van der Waals surface area contributed by atoms with Crippen molar-refractivity contribution in [2.24, 2.45) is 5.73 Å². The molecule has 0 spiro atoms. The van der Waals surface area contributed by atoms with Crippen molar-refractivity contribution in [2.45, 2.75) is 37.9 Å². The van der Waals surface area contributed by atoms with Crippen LogP contribution in [-0.4, -0.2) is 22.2 Å². The number of amides is 1. The van der Waals surface area contributed by atoms with Gasteiger partial charge in [0.1, 0.15) is 5.60 Å². The molecule has 122 valence electrons. The van der Waals surface area contributed by atoms with E-state index in [1.165, 1.54) is 0 Å². The highest BCUT2D eigenvalue weighted by atomic mass is 16.3. The summed E-state index contributed by atoms with van der Waals surface area (Å²) in [6, 6.07) is 16.1. The van der Waals surface area contributed by atoms with Gasteiger partial charge in [0.25, 0.3) is 0 Å². The molecular weight excluding hydrogens is 290 g/mol. The van der Waals surface area contributed by atoms with Crippen LogP contribution in [0.15, 0.2) is 54.6 Å². The smallest absolute Gasteiger partial charge is 0.248 e. The minimum atomic E-state index is -1.22. The van der Waals surface area contributed by atoms with E-state index in [2.05, 4.69) is 0 Å². The summed E-state index contributed by atoms with van der Waals surface area (Å²) >= 11 is 0. The van der Waals surface area contributed by atoms with E-state index in [9.17, 15) is 15.0 Å². The quantitative estimate of drug-likeness (QED) is 0.734. The first-order chi connectivity index (χ1) is 10.9. The zero-order chi connectivity index (χ0) is 16.9. The molecule has 0 aliphatic carbocycles. The van der Waals surface area contributed by atoms with Gasteiger partial charge in [0.15, 0.2) is 0 Å². The van der Waals surface area contributed by atoms with Gasteiger partial charge in [0.05, 0.1) is 6.10 Å². The van der Waals surface area contributed by atoms with Crippen LogP contribution in [0.4, 0.5) is 0 Å². The Morgan fingerprint density at radius 3 is 2.39 bits per heavy atom. The van der Waals surface area contributed by atoms with Gasteiger partial charge in [0, 0.05) is 5.56 Å². The molecule has 0 heterocycles. The van der Waals surface area contributed by atoms with E-state index in [1.54, 1.807) is 31.2 Å². The third-order valence-electron chi connectivity index (χ3n) is 4.04.